The molecule has 0 saturated carbocycles. The van der Waals surface area contributed by atoms with Gasteiger partial charge in [-0.3, -0.25) is 4.79 Å². The van der Waals surface area contributed by atoms with Crippen LogP contribution in [0.25, 0.3) is 32.0 Å². The molecule has 0 spiro atoms. The Morgan fingerprint density at radius 1 is 1.12 bits per heavy atom. The predicted molar refractivity (Wildman–Crippen MR) is 161 cm³/mol. The molecule has 0 unspecified atom stereocenters. The van der Waals surface area contributed by atoms with Crippen molar-refractivity contribution in [3.8, 4) is 21.8 Å². The van der Waals surface area contributed by atoms with Crippen LogP contribution in [0.1, 0.15) is 51.7 Å². The molecular formula is C30H35ClN4O4S. The van der Waals surface area contributed by atoms with E-state index in [1.165, 1.54) is 11.3 Å². The highest BCUT2D eigenvalue weighted by molar-refractivity contribution is 7.22. The summed E-state index contributed by atoms with van der Waals surface area (Å²) in [7, 11) is 0. The summed E-state index contributed by atoms with van der Waals surface area (Å²) in [5.41, 5.74) is 3.79. The number of halogens is 1. The van der Waals surface area contributed by atoms with E-state index in [0.717, 1.165) is 37.5 Å². The number of rotatable bonds is 5. The number of fused-ring (bicyclic) bond motifs is 1. The second-order valence-electron chi connectivity index (χ2n) is 11.4. The van der Waals surface area contributed by atoms with Gasteiger partial charge in [0, 0.05) is 29.9 Å². The normalized spacial score (nSPS) is 15.1. The van der Waals surface area contributed by atoms with Gasteiger partial charge in [-0.05, 0) is 88.4 Å². The largest absolute Gasteiger partial charge is 0.481 e. The van der Waals surface area contributed by atoms with E-state index >= 15 is 0 Å². The van der Waals surface area contributed by atoms with Crippen LogP contribution >= 0.6 is 22.9 Å². The van der Waals surface area contributed by atoms with Gasteiger partial charge in [0.1, 0.15) is 10.7 Å². The van der Waals surface area contributed by atoms with E-state index in [0.29, 0.717) is 42.6 Å². The number of benzene rings is 2. The van der Waals surface area contributed by atoms with E-state index in [9.17, 15) is 15.0 Å². The Bertz CT molecular complexity index is 1500. The molecule has 212 valence electrons. The highest BCUT2D eigenvalue weighted by Gasteiger charge is 2.28. The average Bonchev–Trinajstić information content (AvgIpc) is 3.27. The number of piperidine rings is 1. The Kier molecular flexibility index (Phi) is 8.80. The maximum Gasteiger partial charge on any atom is 0.307 e. The fraction of sp³-hybridized carbons (Fsp3) is 0.400. The van der Waals surface area contributed by atoms with Crippen molar-refractivity contribution in [3.63, 3.8) is 0 Å². The minimum atomic E-state index is -0.881. The Hall–Kier alpha value is -3.11. The third-order valence-electron chi connectivity index (χ3n) is 6.46. The Labute approximate surface area is 243 Å². The van der Waals surface area contributed by atoms with Crippen molar-refractivity contribution >= 4 is 45.1 Å². The standard InChI is InChI=1S/C26H25ClN4O3S.C4H10O/c1-15-13-20-23(22(18(15)14-21(32)33)16-3-5-17(27)6-4-16)35-24(29-20)19-7-10-28-25(30-19)31-11-8-26(2,34)9-12-31;1-4(2,3)5/h3-7,10,13,34H,8-9,11-12,14H2,1-2H3,(H,32,33);5H,1-3H3. The van der Waals surface area contributed by atoms with Gasteiger partial charge >= 0.3 is 5.97 Å². The molecule has 0 atom stereocenters. The van der Waals surface area contributed by atoms with Crippen molar-refractivity contribution in [2.75, 3.05) is 18.0 Å². The molecule has 0 aliphatic carbocycles. The molecule has 3 heterocycles. The molecule has 1 fully saturated rings. The fourth-order valence-electron chi connectivity index (χ4n) is 4.45. The third kappa shape index (κ3) is 7.54. The summed E-state index contributed by atoms with van der Waals surface area (Å²) < 4.78 is 0.915. The lowest BCUT2D eigenvalue weighted by Crippen LogP contribution is -2.43. The molecule has 0 radical (unpaired) electrons. The van der Waals surface area contributed by atoms with Crippen LogP contribution in [-0.4, -0.2) is 60.5 Å². The van der Waals surface area contributed by atoms with Gasteiger partial charge in [0.15, 0.2) is 0 Å². The summed E-state index contributed by atoms with van der Waals surface area (Å²) in [6.45, 7) is 10.4. The number of hydrogen-bond acceptors (Lipinski definition) is 8. The lowest BCUT2D eigenvalue weighted by molar-refractivity contribution is -0.136. The van der Waals surface area contributed by atoms with Gasteiger partial charge in [-0.15, -0.1) is 11.3 Å². The summed E-state index contributed by atoms with van der Waals surface area (Å²) in [4.78, 5) is 27.9. The number of aliphatic carboxylic acids is 1. The van der Waals surface area contributed by atoms with Gasteiger partial charge < -0.3 is 20.2 Å². The van der Waals surface area contributed by atoms with Crippen LogP contribution in [-0.2, 0) is 11.2 Å². The Morgan fingerprint density at radius 2 is 1.75 bits per heavy atom. The van der Waals surface area contributed by atoms with Crippen LogP contribution in [0.3, 0.4) is 0 Å². The molecule has 4 aromatic rings. The molecule has 1 saturated heterocycles. The molecule has 2 aromatic heterocycles. The minimum absolute atomic E-state index is 0.0800. The number of aliphatic hydroxyl groups is 2. The van der Waals surface area contributed by atoms with Crippen molar-refractivity contribution in [1.82, 2.24) is 15.0 Å². The maximum absolute atomic E-state index is 11.7. The summed E-state index contributed by atoms with van der Waals surface area (Å²) >= 11 is 7.61. The third-order valence-corrected chi connectivity index (χ3v) is 7.82. The molecule has 0 bridgehead atoms. The molecule has 2 aromatic carbocycles. The van der Waals surface area contributed by atoms with Gasteiger partial charge in [0.05, 0.1) is 27.8 Å². The van der Waals surface area contributed by atoms with E-state index in [1.54, 1.807) is 27.0 Å². The molecular weight excluding hydrogens is 548 g/mol. The average molecular weight is 583 g/mol. The summed E-state index contributed by atoms with van der Waals surface area (Å²) in [6.07, 6.45) is 2.98. The number of aryl methyl sites for hydroxylation is 1. The van der Waals surface area contributed by atoms with E-state index in [1.807, 2.05) is 50.2 Å². The zero-order valence-corrected chi connectivity index (χ0v) is 25.0. The Balaban J connectivity index is 0.000000681. The number of carboxylic acid groups (broad SMARTS) is 1. The molecule has 3 N–H and O–H groups in total. The van der Waals surface area contributed by atoms with Crippen LogP contribution in [0, 0.1) is 6.92 Å². The zero-order chi connectivity index (χ0) is 29.2. The van der Waals surface area contributed by atoms with Crippen molar-refractivity contribution < 1.29 is 20.1 Å². The quantitative estimate of drug-likeness (QED) is 0.257. The first-order valence-electron chi connectivity index (χ1n) is 13.1. The SMILES string of the molecule is CC(C)(C)O.Cc1cc2nc(-c3ccnc(N4CCC(C)(O)CC4)n3)sc2c(-c2ccc(Cl)cc2)c1CC(=O)O. The van der Waals surface area contributed by atoms with E-state index in [-0.39, 0.29) is 6.42 Å². The summed E-state index contributed by atoms with van der Waals surface area (Å²) in [5, 5.41) is 29.7. The van der Waals surface area contributed by atoms with Crippen LogP contribution in [0.2, 0.25) is 5.02 Å². The van der Waals surface area contributed by atoms with Gasteiger partial charge in [-0.25, -0.2) is 15.0 Å². The number of aromatic nitrogens is 3. The first kappa shape index (κ1) is 29.9. The minimum Gasteiger partial charge on any atom is -0.481 e. The number of carbonyl (C=O) groups is 1. The Morgan fingerprint density at radius 3 is 2.35 bits per heavy atom. The number of hydrogen-bond donors (Lipinski definition) is 3. The second-order valence-corrected chi connectivity index (χ2v) is 12.8. The van der Waals surface area contributed by atoms with Gasteiger partial charge in [0.25, 0.3) is 0 Å². The predicted octanol–water partition coefficient (Wildman–Crippen LogP) is 6.14. The lowest BCUT2D eigenvalue weighted by atomic mass is 9.93. The van der Waals surface area contributed by atoms with E-state index < -0.39 is 17.2 Å². The molecule has 1 aliphatic rings. The fourth-order valence-corrected chi connectivity index (χ4v) is 5.69. The molecule has 8 nitrogen and oxygen atoms in total. The van der Waals surface area contributed by atoms with Gasteiger partial charge in [0.2, 0.25) is 5.95 Å². The zero-order valence-electron chi connectivity index (χ0n) is 23.4. The molecule has 40 heavy (non-hydrogen) atoms. The van der Waals surface area contributed by atoms with Crippen molar-refractivity contribution in [1.29, 1.82) is 0 Å². The van der Waals surface area contributed by atoms with Crippen molar-refractivity contribution in [2.45, 2.75) is 65.1 Å². The van der Waals surface area contributed by atoms with Gasteiger partial charge in [-0.1, -0.05) is 23.7 Å². The molecule has 1 aliphatic heterocycles. The first-order chi connectivity index (χ1) is 18.7. The smallest absolute Gasteiger partial charge is 0.307 e. The molecule has 10 heteroatoms. The van der Waals surface area contributed by atoms with Crippen LogP contribution in [0.4, 0.5) is 5.95 Å². The van der Waals surface area contributed by atoms with Crippen LogP contribution in [0.5, 0.6) is 0 Å². The first-order valence-corrected chi connectivity index (χ1v) is 14.3. The monoisotopic (exact) mass is 582 g/mol. The van der Waals surface area contributed by atoms with Crippen molar-refractivity contribution in [3.05, 3.63) is 58.7 Å². The van der Waals surface area contributed by atoms with E-state index in [2.05, 4.69) is 9.88 Å². The van der Waals surface area contributed by atoms with Gasteiger partial charge in [-0.2, -0.15) is 0 Å². The highest BCUT2D eigenvalue weighted by atomic mass is 35.5. The summed E-state index contributed by atoms with van der Waals surface area (Å²) in [6, 6.07) is 11.2. The molecule has 0 amide bonds. The maximum atomic E-state index is 11.7. The van der Waals surface area contributed by atoms with Crippen LogP contribution in [0.15, 0.2) is 42.6 Å². The van der Waals surface area contributed by atoms with Crippen molar-refractivity contribution in [2.24, 2.45) is 0 Å². The lowest BCUT2D eigenvalue weighted by Gasteiger charge is -2.35. The summed E-state index contributed by atoms with van der Waals surface area (Å²) in [5.74, 6) is -0.258. The van der Waals surface area contributed by atoms with E-state index in [4.69, 9.17) is 26.7 Å². The number of anilines is 1. The van der Waals surface area contributed by atoms with Crippen LogP contribution < -0.4 is 4.90 Å². The second kappa shape index (κ2) is 11.8. The molecule has 5 rings (SSSR count). The topological polar surface area (TPSA) is 120 Å². The number of nitrogens with zero attached hydrogens (tertiary/aromatic N) is 4. The highest BCUT2D eigenvalue weighted by Crippen LogP contribution is 2.41. The number of carboxylic acids is 1. The number of thiazole rings is 1.